The minimum Gasteiger partial charge on any atom is -0.381 e. The zero-order chi connectivity index (χ0) is 11.1. The van der Waals surface area contributed by atoms with E-state index in [9.17, 15) is 4.79 Å². The standard InChI is InChI=1S/C11H22N2O2/c1-9(2)8-15-6-4-11(14)13-10-3-5-12-7-10/h9-10,12H,3-8H2,1-2H3,(H,13,14). The van der Waals surface area contributed by atoms with Crippen molar-refractivity contribution in [2.75, 3.05) is 26.3 Å². The molecule has 0 spiro atoms. The SMILES string of the molecule is CC(C)COCCC(=O)NC1CCNC1. The van der Waals surface area contributed by atoms with Gasteiger partial charge in [-0.1, -0.05) is 13.8 Å². The van der Waals surface area contributed by atoms with Crippen molar-refractivity contribution in [3.05, 3.63) is 0 Å². The highest BCUT2D eigenvalue weighted by Crippen LogP contribution is 1.98. The Morgan fingerprint density at radius 1 is 1.60 bits per heavy atom. The maximum absolute atomic E-state index is 11.4. The summed E-state index contributed by atoms with van der Waals surface area (Å²) < 4.78 is 5.35. The highest BCUT2D eigenvalue weighted by Gasteiger charge is 2.15. The van der Waals surface area contributed by atoms with Crippen LogP contribution >= 0.6 is 0 Å². The molecule has 1 heterocycles. The lowest BCUT2D eigenvalue weighted by molar-refractivity contribution is -0.122. The molecule has 0 bridgehead atoms. The first-order valence-corrected chi connectivity index (χ1v) is 5.76. The minimum absolute atomic E-state index is 0.104. The molecule has 1 fully saturated rings. The molecule has 1 saturated heterocycles. The predicted octanol–water partition coefficient (Wildman–Crippen LogP) is 0.527. The van der Waals surface area contributed by atoms with E-state index in [0.29, 0.717) is 25.0 Å². The van der Waals surface area contributed by atoms with Gasteiger partial charge in [0.1, 0.15) is 0 Å². The molecule has 15 heavy (non-hydrogen) atoms. The fraction of sp³-hybridized carbons (Fsp3) is 0.909. The monoisotopic (exact) mass is 214 g/mol. The van der Waals surface area contributed by atoms with Gasteiger partial charge >= 0.3 is 0 Å². The van der Waals surface area contributed by atoms with Crippen LogP contribution in [-0.2, 0) is 9.53 Å². The molecule has 1 amide bonds. The molecule has 0 aliphatic carbocycles. The Balaban J connectivity index is 1.98. The minimum atomic E-state index is 0.104. The van der Waals surface area contributed by atoms with Gasteiger partial charge in [-0.25, -0.2) is 0 Å². The molecule has 1 rings (SSSR count). The van der Waals surface area contributed by atoms with Crippen molar-refractivity contribution in [2.45, 2.75) is 32.7 Å². The van der Waals surface area contributed by atoms with Gasteiger partial charge in [0.2, 0.25) is 5.91 Å². The summed E-state index contributed by atoms with van der Waals surface area (Å²) in [7, 11) is 0. The van der Waals surface area contributed by atoms with Crippen molar-refractivity contribution < 1.29 is 9.53 Å². The molecule has 4 nitrogen and oxygen atoms in total. The largest absolute Gasteiger partial charge is 0.381 e. The van der Waals surface area contributed by atoms with Crippen molar-refractivity contribution >= 4 is 5.91 Å². The Morgan fingerprint density at radius 2 is 2.40 bits per heavy atom. The van der Waals surface area contributed by atoms with E-state index in [1.165, 1.54) is 0 Å². The third-order valence-electron chi connectivity index (χ3n) is 2.35. The molecule has 4 heteroatoms. The molecule has 0 aromatic rings. The van der Waals surface area contributed by atoms with Gasteiger partial charge in [0.25, 0.3) is 0 Å². The summed E-state index contributed by atoms with van der Waals surface area (Å²) in [6.45, 7) is 7.38. The van der Waals surface area contributed by atoms with Crippen molar-refractivity contribution in [1.29, 1.82) is 0 Å². The Kier molecular flexibility index (Phi) is 5.65. The summed E-state index contributed by atoms with van der Waals surface area (Å²) in [6, 6.07) is 0.322. The second-order valence-electron chi connectivity index (χ2n) is 4.48. The summed E-state index contributed by atoms with van der Waals surface area (Å²) in [5, 5.41) is 6.20. The molecule has 1 atom stereocenters. The first kappa shape index (κ1) is 12.5. The third-order valence-corrected chi connectivity index (χ3v) is 2.35. The summed E-state index contributed by atoms with van der Waals surface area (Å²) in [5.74, 6) is 0.638. The number of hydrogen-bond acceptors (Lipinski definition) is 3. The Labute approximate surface area is 91.8 Å². The fourth-order valence-corrected chi connectivity index (χ4v) is 1.56. The van der Waals surface area contributed by atoms with Gasteiger partial charge in [-0.2, -0.15) is 0 Å². The van der Waals surface area contributed by atoms with Gasteiger partial charge in [-0.3, -0.25) is 4.79 Å². The number of ether oxygens (including phenoxy) is 1. The quantitative estimate of drug-likeness (QED) is 0.634. The van der Waals surface area contributed by atoms with E-state index in [4.69, 9.17) is 4.74 Å². The molecule has 1 aliphatic heterocycles. The van der Waals surface area contributed by atoms with Gasteiger partial charge < -0.3 is 15.4 Å². The topological polar surface area (TPSA) is 50.4 Å². The highest BCUT2D eigenvalue weighted by molar-refractivity contribution is 5.76. The Bertz CT molecular complexity index is 189. The van der Waals surface area contributed by atoms with E-state index < -0.39 is 0 Å². The fourth-order valence-electron chi connectivity index (χ4n) is 1.56. The molecule has 1 unspecified atom stereocenters. The average Bonchev–Trinajstić information content (AvgIpc) is 2.64. The van der Waals surface area contributed by atoms with Crippen molar-refractivity contribution in [2.24, 2.45) is 5.92 Å². The second-order valence-corrected chi connectivity index (χ2v) is 4.48. The van der Waals surface area contributed by atoms with Gasteiger partial charge in [0.15, 0.2) is 0 Å². The number of carbonyl (C=O) groups excluding carboxylic acids is 1. The third kappa shape index (κ3) is 5.74. The zero-order valence-corrected chi connectivity index (χ0v) is 9.71. The zero-order valence-electron chi connectivity index (χ0n) is 9.71. The van der Waals surface area contributed by atoms with Crippen LogP contribution in [0, 0.1) is 5.92 Å². The molecule has 0 aromatic carbocycles. The summed E-state index contributed by atoms with van der Waals surface area (Å²) in [4.78, 5) is 11.4. The van der Waals surface area contributed by atoms with Crippen LogP contribution in [0.2, 0.25) is 0 Å². The molecule has 0 saturated carbocycles. The number of rotatable bonds is 6. The van der Waals surface area contributed by atoms with Crippen molar-refractivity contribution in [3.63, 3.8) is 0 Å². The van der Waals surface area contributed by atoms with Crippen LogP contribution in [0.1, 0.15) is 26.7 Å². The Hall–Kier alpha value is -0.610. The average molecular weight is 214 g/mol. The molecular formula is C11H22N2O2. The number of carbonyl (C=O) groups is 1. The van der Waals surface area contributed by atoms with Crippen LogP contribution < -0.4 is 10.6 Å². The van der Waals surface area contributed by atoms with Gasteiger partial charge in [-0.05, 0) is 18.9 Å². The number of nitrogens with one attached hydrogen (secondary N) is 2. The first-order chi connectivity index (χ1) is 7.18. The molecule has 0 aromatic heterocycles. The lowest BCUT2D eigenvalue weighted by Crippen LogP contribution is -2.36. The maximum Gasteiger partial charge on any atom is 0.222 e. The number of amides is 1. The molecule has 1 aliphatic rings. The molecular weight excluding hydrogens is 192 g/mol. The van der Waals surface area contributed by atoms with Gasteiger partial charge in [0.05, 0.1) is 6.61 Å². The number of hydrogen-bond donors (Lipinski definition) is 2. The lowest BCUT2D eigenvalue weighted by Gasteiger charge is -2.11. The van der Waals surface area contributed by atoms with E-state index in [1.54, 1.807) is 0 Å². The predicted molar refractivity (Wildman–Crippen MR) is 59.7 cm³/mol. The van der Waals surface area contributed by atoms with Crippen LogP contribution in [0.4, 0.5) is 0 Å². The van der Waals surface area contributed by atoms with Crippen LogP contribution in [-0.4, -0.2) is 38.3 Å². The first-order valence-electron chi connectivity index (χ1n) is 5.76. The molecule has 2 N–H and O–H groups in total. The second kappa shape index (κ2) is 6.80. The van der Waals surface area contributed by atoms with Crippen LogP contribution in [0.25, 0.3) is 0 Å². The van der Waals surface area contributed by atoms with Crippen LogP contribution in [0.5, 0.6) is 0 Å². The molecule has 88 valence electrons. The smallest absolute Gasteiger partial charge is 0.222 e. The van der Waals surface area contributed by atoms with Crippen molar-refractivity contribution in [3.8, 4) is 0 Å². The Morgan fingerprint density at radius 3 is 3.00 bits per heavy atom. The summed E-state index contributed by atoms with van der Waals surface area (Å²) >= 11 is 0. The van der Waals surface area contributed by atoms with E-state index in [0.717, 1.165) is 26.1 Å². The van der Waals surface area contributed by atoms with E-state index in [1.807, 2.05) is 0 Å². The van der Waals surface area contributed by atoms with Crippen LogP contribution in [0.15, 0.2) is 0 Å². The van der Waals surface area contributed by atoms with Gasteiger partial charge in [0, 0.05) is 25.6 Å². The maximum atomic E-state index is 11.4. The van der Waals surface area contributed by atoms with Gasteiger partial charge in [-0.15, -0.1) is 0 Å². The summed E-state index contributed by atoms with van der Waals surface area (Å²) in [6.07, 6.45) is 1.52. The lowest BCUT2D eigenvalue weighted by atomic mass is 10.2. The highest BCUT2D eigenvalue weighted by atomic mass is 16.5. The van der Waals surface area contributed by atoms with Crippen molar-refractivity contribution in [1.82, 2.24) is 10.6 Å². The summed E-state index contributed by atoms with van der Waals surface area (Å²) in [5.41, 5.74) is 0. The molecule has 0 radical (unpaired) electrons. The van der Waals surface area contributed by atoms with E-state index >= 15 is 0 Å². The normalized spacial score (nSPS) is 20.9. The van der Waals surface area contributed by atoms with E-state index in [-0.39, 0.29) is 5.91 Å². The van der Waals surface area contributed by atoms with Crippen LogP contribution in [0.3, 0.4) is 0 Å². The van der Waals surface area contributed by atoms with E-state index in [2.05, 4.69) is 24.5 Å².